The van der Waals surface area contributed by atoms with Gasteiger partial charge in [0.25, 0.3) is 5.56 Å². The number of amides is 1. The number of pyridine rings is 1. The molecule has 134 valence electrons. The van der Waals surface area contributed by atoms with E-state index < -0.39 is 0 Å². The molecule has 0 spiro atoms. The number of nitrogens with one attached hydrogen (secondary N) is 1. The standard InChI is InChI=1S/C18H16BrClN4O2/c1-10(2)22-15(25)9-24-17(11-3-5-13(20)6-4-11)23-16-14(18(24)26)7-12(19)8-21-16/h3-8,10H,9H2,1-2H3,(H,22,25). The van der Waals surface area contributed by atoms with E-state index in [1.165, 1.54) is 4.57 Å². The zero-order valence-electron chi connectivity index (χ0n) is 14.2. The molecule has 2 heterocycles. The monoisotopic (exact) mass is 434 g/mol. The molecule has 8 heteroatoms. The zero-order valence-corrected chi connectivity index (χ0v) is 16.5. The highest BCUT2D eigenvalue weighted by molar-refractivity contribution is 9.10. The van der Waals surface area contributed by atoms with Crippen LogP contribution in [0.25, 0.3) is 22.4 Å². The molecule has 3 aromatic rings. The molecule has 0 aliphatic heterocycles. The molecule has 1 aromatic carbocycles. The van der Waals surface area contributed by atoms with Crippen molar-refractivity contribution in [3.8, 4) is 11.4 Å². The molecule has 26 heavy (non-hydrogen) atoms. The summed E-state index contributed by atoms with van der Waals surface area (Å²) in [5, 5.41) is 3.71. The van der Waals surface area contributed by atoms with Crippen LogP contribution < -0.4 is 10.9 Å². The van der Waals surface area contributed by atoms with Crippen LogP contribution in [0.4, 0.5) is 0 Å². The minimum absolute atomic E-state index is 0.0265. The normalized spacial score (nSPS) is 11.1. The van der Waals surface area contributed by atoms with Crippen LogP contribution in [-0.4, -0.2) is 26.5 Å². The van der Waals surface area contributed by atoms with E-state index in [0.29, 0.717) is 31.9 Å². The maximum Gasteiger partial charge on any atom is 0.263 e. The van der Waals surface area contributed by atoms with Gasteiger partial charge in [0, 0.05) is 27.3 Å². The van der Waals surface area contributed by atoms with Crippen molar-refractivity contribution in [1.82, 2.24) is 19.9 Å². The van der Waals surface area contributed by atoms with E-state index >= 15 is 0 Å². The number of benzene rings is 1. The highest BCUT2D eigenvalue weighted by Crippen LogP contribution is 2.21. The molecular formula is C18H16BrClN4O2. The van der Waals surface area contributed by atoms with Gasteiger partial charge in [0.05, 0.1) is 5.39 Å². The number of carbonyl (C=O) groups excluding carboxylic acids is 1. The second kappa shape index (κ2) is 7.55. The summed E-state index contributed by atoms with van der Waals surface area (Å²) in [5.41, 5.74) is 0.673. The molecule has 0 bridgehead atoms. The van der Waals surface area contributed by atoms with Gasteiger partial charge in [0.2, 0.25) is 5.91 Å². The molecule has 0 aliphatic rings. The molecule has 2 aromatic heterocycles. The van der Waals surface area contributed by atoms with Gasteiger partial charge in [0.1, 0.15) is 12.4 Å². The van der Waals surface area contributed by atoms with Gasteiger partial charge in [-0.05, 0) is 60.1 Å². The van der Waals surface area contributed by atoms with Gasteiger partial charge >= 0.3 is 0 Å². The van der Waals surface area contributed by atoms with Crippen LogP contribution in [-0.2, 0) is 11.3 Å². The van der Waals surface area contributed by atoms with Crippen molar-refractivity contribution in [2.24, 2.45) is 0 Å². The third kappa shape index (κ3) is 3.94. The van der Waals surface area contributed by atoms with Gasteiger partial charge in [-0.2, -0.15) is 0 Å². The van der Waals surface area contributed by atoms with Crippen molar-refractivity contribution >= 4 is 44.5 Å². The van der Waals surface area contributed by atoms with Crippen molar-refractivity contribution in [2.75, 3.05) is 0 Å². The summed E-state index contributed by atoms with van der Waals surface area (Å²) in [5.74, 6) is 0.106. The largest absolute Gasteiger partial charge is 0.352 e. The molecule has 1 amide bonds. The summed E-state index contributed by atoms with van der Waals surface area (Å²) in [6, 6.07) is 8.56. The van der Waals surface area contributed by atoms with Crippen LogP contribution in [0, 0.1) is 0 Å². The van der Waals surface area contributed by atoms with E-state index in [0.717, 1.165) is 0 Å². The quantitative estimate of drug-likeness (QED) is 0.681. The first-order valence-corrected chi connectivity index (χ1v) is 9.13. The Hall–Kier alpha value is -2.25. The summed E-state index contributed by atoms with van der Waals surface area (Å²) in [4.78, 5) is 34.0. The Kier molecular flexibility index (Phi) is 5.38. The van der Waals surface area contributed by atoms with Crippen LogP contribution in [0.1, 0.15) is 13.8 Å². The van der Waals surface area contributed by atoms with E-state index in [1.54, 1.807) is 36.5 Å². The van der Waals surface area contributed by atoms with Crippen molar-refractivity contribution in [2.45, 2.75) is 26.4 Å². The lowest BCUT2D eigenvalue weighted by Crippen LogP contribution is -2.37. The number of rotatable bonds is 4. The van der Waals surface area contributed by atoms with Gasteiger partial charge in [-0.1, -0.05) is 11.6 Å². The van der Waals surface area contributed by atoms with Crippen LogP contribution in [0.5, 0.6) is 0 Å². The molecule has 0 saturated carbocycles. The van der Waals surface area contributed by atoms with Crippen molar-refractivity contribution in [3.63, 3.8) is 0 Å². The number of hydrogen-bond acceptors (Lipinski definition) is 4. The first-order chi connectivity index (χ1) is 12.3. The molecule has 1 N–H and O–H groups in total. The molecule has 0 saturated heterocycles. The molecule has 0 radical (unpaired) electrons. The fraction of sp³-hybridized carbons (Fsp3) is 0.222. The Labute approximate surface area is 163 Å². The minimum atomic E-state index is -0.326. The molecule has 0 unspecified atom stereocenters. The van der Waals surface area contributed by atoms with E-state index in [4.69, 9.17) is 11.6 Å². The lowest BCUT2D eigenvalue weighted by atomic mass is 10.2. The van der Waals surface area contributed by atoms with E-state index in [-0.39, 0.29) is 24.1 Å². The van der Waals surface area contributed by atoms with Gasteiger partial charge in [-0.3, -0.25) is 14.2 Å². The van der Waals surface area contributed by atoms with Gasteiger partial charge in [-0.15, -0.1) is 0 Å². The molecule has 6 nitrogen and oxygen atoms in total. The predicted molar refractivity (Wildman–Crippen MR) is 105 cm³/mol. The SMILES string of the molecule is CC(C)NC(=O)Cn1c(-c2ccc(Cl)cc2)nc2ncc(Br)cc2c1=O. The lowest BCUT2D eigenvalue weighted by molar-refractivity contribution is -0.122. The van der Waals surface area contributed by atoms with E-state index in [1.807, 2.05) is 13.8 Å². The first-order valence-electron chi connectivity index (χ1n) is 7.96. The van der Waals surface area contributed by atoms with E-state index in [9.17, 15) is 9.59 Å². The number of nitrogens with zero attached hydrogens (tertiary/aromatic N) is 3. The van der Waals surface area contributed by atoms with Crippen LogP contribution in [0.3, 0.4) is 0 Å². The zero-order chi connectivity index (χ0) is 18.8. The lowest BCUT2D eigenvalue weighted by Gasteiger charge is -2.15. The third-order valence-corrected chi connectivity index (χ3v) is 4.32. The first kappa shape index (κ1) is 18.5. The van der Waals surface area contributed by atoms with Gasteiger partial charge in [-0.25, -0.2) is 9.97 Å². The summed E-state index contributed by atoms with van der Waals surface area (Å²) < 4.78 is 2.03. The van der Waals surface area contributed by atoms with Crippen LogP contribution in [0.2, 0.25) is 5.02 Å². The average Bonchev–Trinajstić information content (AvgIpc) is 2.58. The summed E-state index contributed by atoms with van der Waals surface area (Å²) in [6.45, 7) is 3.59. The Balaban J connectivity index is 2.21. The van der Waals surface area contributed by atoms with Crippen LogP contribution >= 0.6 is 27.5 Å². The maximum absolute atomic E-state index is 13.0. The average molecular weight is 436 g/mol. The molecular weight excluding hydrogens is 420 g/mol. The number of halogens is 2. The Bertz CT molecular complexity index is 1030. The fourth-order valence-corrected chi connectivity index (χ4v) is 3.02. The predicted octanol–water partition coefficient (Wildman–Crippen LogP) is 3.40. The highest BCUT2D eigenvalue weighted by Gasteiger charge is 2.17. The van der Waals surface area contributed by atoms with E-state index in [2.05, 4.69) is 31.2 Å². The number of carbonyl (C=O) groups is 1. The maximum atomic E-state index is 13.0. The van der Waals surface area contributed by atoms with Gasteiger partial charge < -0.3 is 5.32 Å². The van der Waals surface area contributed by atoms with Crippen molar-refractivity contribution < 1.29 is 4.79 Å². The van der Waals surface area contributed by atoms with Gasteiger partial charge in [0.15, 0.2) is 5.65 Å². The minimum Gasteiger partial charge on any atom is -0.352 e. The topological polar surface area (TPSA) is 76.9 Å². The molecule has 0 atom stereocenters. The van der Waals surface area contributed by atoms with Crippen molar-refractivity contribution in [1.29, 1.82) is 0 Å². The number of hydrogen-bond donors (Lipinski definition) is 1. The molecule has 0 aliphatic carbocycles. The van der Waals surface area contributed by atoms with Crippen molar-refractivity contribution in [3.05, 3.63) is 56.4 Å². The molecule has 0 fully saturated rings. The molecule has 3 rings (SSSR count). The van der Waals surface area contributed by atoms with Crippen LogP contribution in [0.15, 0.2) is 45.8 Å². The summed E-state index contributed by atoms with van der Waals surface area (Å²) in [6.07, 6.45) is 1.58. The fourth-order valence-electron chi connectivity index (χ4n) is 2.56. The Morgan fingerprint density at radius 3 is 2.65 bits per heavy atom. The Morgan fingerprint density at radius 1 is 1.31 bits per heavy atom. The highest BCUT2D eigenvalue weighted by atomic mass is 79.9. The second-order valence-corrected chi connectivity index (χ2v) is 7.43. The Morgan fingerprint density at radius 2 is 2.00 bits per heavy atom. The summed E-state index contributed by atoms with van der Waals surface area (Å²) in [7, 11) is 0. The summed E-state index contributed by atoms with van der Waals surface area (Å²) >= 11 is 9.27. The smallest absolute Gasteiger partial charge is 0.263 e. The second-order valence-electron chi connectivity index (χ2n) is 6.08. The third-order valence-electron chi connectivity index (χ3n) is 3.63. The number of aromatic nitrogens is 3. The number of fused-ring (bicyclic) bond motifs is 1.